The zero-order chi connectivity index (χ0) is 17.1. The van der Waals surface area contributed by atoms with Gasteiger partial charge in [-0.3, -0.25) is 0 Å². The lowest BCUT2D eigenvalue weighted by atomic mass is 10.1. The SMILES string of the molecule is Fc1ccc(C2=CN3C=C(COc4ccccc4)N=C(C3)N=C2)cc1. The Hall–Kier alpha value is -3.21. The molecular weight excluding hydrogens is 317 g/mol. The molecule has 0 fully saturated rings. The minimum Gasteiger partial charge on any atom is -0.487 e. The van der Waals surface area contributed by atoms with Gasteiger partial charge in [0.1, 0.15) is 24.0 Å². The van der Waals surface area contributed by atoms with E-state index in [0.717, 1.165) is 28.4 Å². The summed E-state index contributed by atoms with van der Waals surface area (Å²) in [4.78, 5) is 11.0. The van der Waals surface area contributed by atoms with Crippen molar-refractivity contribution in [1.29, 1.82) is 0 Å². The lowest BCUT2D eigenvalue weighted by Crippen LogP contribution is -2.23. The van der Waals surface area contributed by atoms with Crippen LogP contribution in [0.4, 0.5) is 4.39 Å². The third-order valence-corrected chi connectivity index (χ3v) is 3.88. The van der Waals surface area contributed by atoms with E-state index in [1.165, 1.54) is 12.1 Å². The highest BCUT2D eigenvalue weighted by atomic mass is 19.1. The highest BCUT2D eigenvalue weighted by molar-refractivity contribution is 6.14. The minimum absolute atomic E-state index is 0.251. The number of hydrogen-bond acceptors (Lipinski definition) is 4. The monoisotopic (exact) mass is 333 g/mol. The number of benzene rings is 2. The first kappa shape index (κ1) is 15.3. The highest BCUT2D eigenvalue weighted by Crippen LogP contribution is 2.20. The number of rotatable bonds is 4. The van der Waals surface area contributed by atoms with Gasteiger partial charge in [-0.1, -0.05) is 30.3 Å². The second kappa shape index (κ2) is 6.73. The molecular formula is C20H16FN3O. The van der Waals surface area contributed by atoms with E-state index in [-0.39, 0.29) is 5.82 Å². The van der Waals surface area contributed by atoms with Crippen LogP contribution in [0.1, 0.15) is 5.56 Å². The summed E-state index contributed by atoms with van der Waals surface area (Å²) in [6.45, 7) is 0.981. The van der Waals surface area contributed by atoms with Crippen molar-refractivity contribution >= 4 is 17.6 Å². The van der Waals surface area contributed by atoms with Crippen LogP contribution < -0.4 is 4.74 Å². The standard InChI is InChI=1S/C20H16FN3O/c21-17-8-6-15(7-9-17)16-10-22-20-13-24(11-16)12-18(23-20)14-25-19-4-2-1-3-5-19/h1-12H,13-14H2. The maximum absolute atomic E-state index is 13.1. The summed E-state index contributed by atoms with van der Waals surface area (Å²) in [5, 5.41) is 0. The average molecular weight is 333 g/mol. The van der Waals surface area contributed by atoms with Gasteiger partial charge < -0.3 is 9.64 Å². The summed E-state index contributed by atoms with van der Waals surface area (Å²) in [6, 6.07) is 16.0. The van der Waals surface area contributed by atoms with Gasteiger partial charge in [0.15, 0.2) is 0 Å². The van der Waals surface area contributed by atoms with Crippen molar-refractivity contribution in [2.24, 2.45) is 9.98 Å². The van der Waals surface area contributed by atoms with E-state index < -0.39 is 0 Å². The minimum atomic E-state index is -0.251. The van der Waals surface area contributed by atoms with Gasteiger partial charge in [0.25, 0.3) is 0 Å². The number of ether oxygens (including phenoxy) is 1. The molecule has 2 aliphatic rings. The predicted octanol–water partition coefficient (Wildman–Crippen LogP) is 3.89. The Morgan fingerprint density at radius 2 is 1.80 bits per heavy atom. The number of halogens is 1. The largest absolute Gasteiger partial charge is 0.487 e. The molecule has 124 valence electrons. The van der Waals surface area contributed by atoms with Crippen LogP contribution in [0.2, 0.25) is 0 Å². The molecule has 2 aliphatic heterocycles. The molecule has 0 aromatic heterocycles. The summed E-state index contributed by atoms with van der Waals surface area (Å²) in [7, 11) is 0. The summed E-state index contributed by atoms with van der Waals surface area (Å²) < 4.78 is 18.9. The predicted molar refractivity (Wildman–Crippen MR) is 97.0 cm³/mol. The summed E-state index contributed by atoms with van der Waals surface area (Å²) in [5.41, 5.74) is 2.62. The van der Waals surface area contributed by atoms with E-state index >= 15 is 0 Å². The molecule has 0 atom stereocenters. The third-order valence-electron chi connectivity index (χ3n) is 3.88. The van der Waals surface area contributed by atoms with Crippen molar-refractivity contribution in [3.05, 3.63) is 84.1 Å². The Kier molecular flexibility index (Phi) is 4.12. The molecule has 2 heterocycles. The van der Waals surface area contributed by atoms with Crippen molar-refractivity contribution in [3.63, 3.8) is 0 Å². The molecule has 4 nitrogen and oxygen atoms in total. The maximum Gasteiger partial charge on any atom is 0.148 e. The average Bonchev–Trinajstić information content (AvgIpc) is 2.79. The lowest BCUT2D eigenvalue weighted by Gasteiger charge is -2.20. The van der Waals surface area contributed by atoms with Crippen LogP contribution in [0.5, 0.6) is 5.75 Å². The Bertz CT molecular complexity index is 883. The Morgan fingerprint density at radius 3 is 2.60 bits per heavy atom. The zero-order valence-electron chi connectivity index (χ0n) is 13.5. The molecule has 0 amide bonds. The van der Waals surface area contributed by atoms with E-state index in [1.807, 2.05) is 47.6 Å². The van der Waals surface area contributed by atoms with Gasteiger partial charge >= 0.3 is 0 Å². The lowest BCUT2D eigenvalue weighted by molar-refractivity contribution is 0.346. The van der Waals surface area contributed by atoms with Crippen LogP contribution in [0.25, 0.3) is 5.57 Å². The number of amidine groups is 1. The highest BCUT2D eigenvalue weighted by Gasteiger charge is 2.16. The molecule has 5 heteroatoms. The molecule has 0 saturated heterocycles. The van der Waals surface area contributed by atoms with Crippen molar-refractivity contribution in [2.45, 2.75) is 0 Å². The van der Waals surface area contributed by atoms with Crippen LogP contribution in [0.15, 0.2) is 82.7 Å². The molecule has 0 radical (unpaired) electrons. The molecule has 0 spiro atoms. The smallest absolute Gasteiger partial charge is 0.148 e. The van der Waals surface area contributed by atoms with E-state index in [4.69, 9.17) is 4.74 Å². The molecule has 25 heavy (non-hydrogen) atoms. The number of aliphatic imine (C=N–C) groups is 2. The zero-order valence-corrected chi connectivity index (χ0v) is 13.5. The van der Waals surface area contributed by atoms with E-state index in [2.05, 4.69) is 9.98 Å². The molecule has 2 aromatic carbocycles. The van der Waals surface area contributed by atoms with Gasteiger partial charge in [0.2, 0.25) is 0 Å². The van der Waals surface area contributed by atoms with Crippen LogP contribution >= 0.6 is 0 Å². The Morgan fingerprint density at radius 1 is 1.00 bits per heavy atom. The quantitative estimate of drug-likeness (QED) is 0.851. The molecule has 0 N–H and O–H groups in total. The Labute approximate surface area is 145 Å². The van der Waals surface area contributed by atoms with Gasteiger partial charge in [-0.2, -0.15) is 0 Å². The number of hydrogen-bond donors (Lipinski definition) is 0. The number of nitrogens with zero attached hydrogens (tertiary/aromatic N) is 3. The van der Waals surface area contributed by atoms with Crippen LogP contribution in [0.3, 0.4) is 0 Å². The van der Waals surface area contributed by atoms with Crippen molar-refractivity contribution in [1.82, 2.24) is 4.90 Å². The summed E-state index contributed by atoms with van der Waals surface area (Å²) in [5.74, 6) is 1.28. The van der Waals surface area contributed by atoms with Crippen molar-refractivity contribution < 1.29 is 9.13 Å². The molecule has 0 unspecified atom stereocenters. The second-order valence-electron chi connectivity index (χ2n) is 5.77. The molecule has 2 aromatic rings. The fourth-order valence-corrected chi connectivity index (χ4v) is 2.67. The van der Waals surface area contributed by atoms with Crippen LogP contribution in [0, 0.1) is 5.82 Å². The fourth-order valence-electron chi connectivity index (χ4n) is 2.67. The number of allylic oxidation sites excluding steroid dienone is 1. The van der Waals surface area contributed by atoms with Gasteiger partial charge in [0, 0.05) is 24.2 Å². The molecule has 4 rings (SSSR count). The summed E-state index contributed by atoms with van der Waals surface area (Å²) >= 11 is 0. The summed E-state index contributed by atoms with van der Waals surface area (Å²) in [6.07, 6.45) is 5.70. The first-order chi connectivity index (χ1) is 12.3. The number of fused-ring (bicyclic) bond motifs is 2. The van der Waals surface area contributed by atoms with Crippen LogP contribution in [-0.2, 0) is 0 Å². The topological polar surface area (TPSA) is 37.2 Å². The van der Waals surface area contributed by atoms with Gasteiger partial charge in [0.05, 0.1) is 12.2 Å². The van der Waals surface area contributed by atoms with E-state index in [9.17, 15) is 4.39 Å². The van der Waals surface area contributed by atoms with Gasteiger partial charge in [-0.05, 0) is 29.8 Å². The first-order valence-corrected chi connectivity index (χ1v) is 8.00. The Balaban J connectivity index is 1.54. The van der Waals surface area contributed by atoms with Gasteiger partial charge in [-0.15, -0.1) is 0 Å². The normalized spacial score (nSPS) is 15.9. The van der Waals surface area contributed by atoms with E-state index in [0.29, 0.717) is 13.2 Å². The third kappa shape index (κ3) is 3.66. The van der Waals surface area contributed by atoms with Gasteiger partial charge in [-0.25, -0.2) is 14.4 Å². The van der Waals surface area contributed by atoms with Crippen LogP contribution in [-0.4, -0.2) is 30.1 Å². The number of para-hydroxylation sites is 1. The molecule has 2 bridgehead atoms. The first-order valence-electron chi connectivity index (χ1n) is 8.00. The fraction of sp³-hybridized carbons (Fsp3) is 0.100. The molecule has 0 aliphatic carbocycles. The van der Waals surface area contributed by atoms with Crippen molar-refractivity contribution in [3.8, 4) is 5.75 Å². The second-order valence-corrected chi connectivity index (χ2v) is 5.77. The van der Waals surface area contributed by atoms with E-state index in [1.54, 1.807) is 18.3 Å². The maximum atomic E-state index is 13.1. The van der Waals surface area contributed by atoms with Crippen molar-refractivity contribution in [2.75, 3.05) is 13.2 Å². The molecule has 0 saturated carbocycles.